The van der Waals surface area contributed by atoms with Gasteiger partial charge in [0.15, 0.2) is 0 Å². The monoisotopic (exact) mass is 275 g/mol. The van der Waals surface area contributed by atoms with Gasteiger partial charge in [-0.2, -0.15) is 4.98 Å². The first-order valence-corrected chi connectivity index (χ1v) is 6.77. The van der Waals surface area contributed by atoms with E-state index in [1.54, 1.807) is 7.11 Å². The van der Waals surface area contributed by atoms with E-state index in [2.05, 4.69) is 24.0 Å². The van der Waals surface area contributed by atoms with Gasteiger partial charge in [0.2, 0.25) is 11.7 Å². The standard InChI is InChI=1S/C15H21N3O2/c1-10(2)12(16)9-13-17-15(18-20-13)14(19-3)11-7-5-4-6-8-11/h4-8,10,12,14H,9,16H2,1-3H3. The highest BCUT2D eigenvalue weighted by molar-refractivity contribution is 5.22. The van der Waals surface area contributed by atoms with Crippen LogP contribution in [-0.4, -0.2) is 23.3 Å². The first kappa shape index (κ1) is 14.7. The van der Waals surface area contributed by atoms with Crippen molar-refractivity contribution in [2.24, 2.45) is 11.7 Å². The SMILES string of the molecule is COC(c1ccccc1)c1noc(CC(N)C(C)C)n1. The number of nitrogens with zero attached hydrogens (tertiary/aromatic N) is 2. The molecule has 0 fully saturated rings. The summed E-state index contributed by atoms with van der Waals surface area (Å²) in [6.45, 7) is 4.15. The van der Waals surface area contributed by atoms with Gasteiger partial charge in [-0.1, -0.05) is 49.3 Å². The molecule has 0 aliphatic rings. The molecule has 0 aliphatic heterocycles. The summed E-state index contributed by atoms with van der Waals surface area (Å²) < 4.78 is 10.7. The van der Waals surface area contributed by atoms with Crippen molar-refractivity contribution in [2.75, 3.05) is 7.11 Å². The molecule has 2 rings (SSSR count). The highest BCUT2D eigenvalue weighted by atomic mass is 16.5. The van der Waals surface area contributed by atoms with Gasteiger partial charge in [0.25, 0.3) is 0 Å². The van der Waals surface area contributed by atoms with Gasteiger partial charge in [0, 0.05) is 19.6 Å². The lowest BCUT2D eigenvalue weighted by Gasteiger charge is -2.12. The lowest BCUT2D eigenvalue weighted by Crippen LogP contribution is -2.28. The molecule has 1 aromatic carbocycles. The molecule has 2 atom stereocenters. The summed E-state index contributed by atoms with van der Waals surface area (Å²) in [5, 5.41) is 4.01. The highest BCUT2D eigenvalue weighted by Gasteiger charge is 2.21. The Balaban J connectivity index is 2.14. The van der Waals surface area contributed by atoms with Crippen LogP contribution < -0.4 is 5.73 Å². The van der Waals surface area contributed by atoms with E-state index in [9.17, 15) is 0 Å². The third-order valence-corrected chi connectivity index (χ3v) is 3.32. The molecule has 20 heavy (non-hydrogen) atoms. The molecule has 0 saturated carbocycles. The van der Waals surface area contributed by atoms with Crippen LogP contribution in [0.5, 0.6) is 0 Å². The van der Waals surface area contributed by atoms with Crippen molar-refractivity contribution < 1.29 is 9.26 Å². The molecule has 0 aliphatic carbocycles. The second-order valence-corrected chi connectivity index (χ2v) is 5.18. The molecular weight excluding hydrogens is 254 g/mol. The van der Waals surface area contributed by atoms with Crippen LogP contribution in [0.2, 0.25) is 0 Å². The zero-order chi connectivity index (χ0) is 14.5. The number of hydrogen-bond donors (Lipinski definition) is 1. The average Bonchev–Trinajstić information content (AvgIpc) is 2.89. The molecule has 1 aromatic heterocycles. The van der Waals surface area contributed by atoms with Crippen LogP contribution in [0, 0.1) is 5.92 Å². The van der Waals surface area contributed by atoms with E-state index in [1.807, 2.05) is 30.3 Å². The minimum absolute atomic E-state index is 0.0148. The van der Waals surface area contributed by atoms with Gasteiger partial charge in [0.1, 0.15) is 6.10 Å². The second-order valence-electron chi connectivity index (χ2n) is 5.18. The Kier molecular flexibility index (Phi) is 4.87. The van der Waals surface area contributed by atoms with E-state index in [1.165, 1.54) is 0 Å². The molecule has 2 unspecified atom stereocenters. The maximum Gasteiger partial charge on any atom is 0.228 e. The summed E-state index contributed by atoms with van der Waals surface area (Å²) in [5.41, 5.74) is 7.01. The molecule has 5 nitrogen and oxygen atoms in total. The summed E-state index contributed by atoms with van der Waals surface area (Å²) in [6.07, 6.45) is 0.263. The number of hydrogen-bond acceptors (Lipinski definition) is 5. The predicted molar refractivity (Wildman–Crippen MR) is 76.1 cm³/mol. The van der Waals surface area contributed by atoms with E-state index in [4.69, 9.17) is 15.0 Å². The lowest BCUT2D eigenvalue weighted by molar-refractivity contribution is 0.126. The third kappa shape index (κ3) is 3.43. The number of nitrogens with two attached hydrogens (primary N) is 1. The van der Waals surface area contributed by atoms with E-state index >= 15 is 0 Å². The fraction of sp³-hybridized carbons (Fsp3) is 0.467. The van der Waals surface area contributed by atoms with Gasteiger partial charge < -0.3 is 15.0 Å². The average molecular weight is 275 g/mol. The Bertz CT molecular complexity index is 525. The Labute approximate surface area is 119 Å². The first-order chi connectivity index (χ1) is 9.61. The van der Waals surface area contributed by atoms with Crippen LogP contribution in [0.4, 0.5) is 0 Å². The van der Waals surface area contributed by atoms with Gasteiger partial charge in [-0.05, 0) is 11.5 Å². The molecule has 0 bridgehead atoms. The van der Waals surface area contributed by atoms with Gasteiger partial charge in [0.05, 0.1) is 0 Å². The Morgan fingerprint density at radius 1 is 1.25 bits per heavy atom. The molecule has 0 saturated heterocycles. The fourth-order valence-corrected chi connectivity index (χ4v) is 1.91. The van der Waals surface area contributed by atoms with Crippen molar-refractivity contribution in [2.45, 2.75) is 32.4 Å². The van der Waals surface area contributed by atoms with Crippen LogP contribution in [0.1, 0.15) is 37.2 Å². The van der Waals surface area contributed by atoms with E-state index < -0.39 is 0 Å². The summed E-state index contributed by atoms with van der Waals surface area (Å²) >= 11 is 0. The van der Waals surface area contributed by atoms with Crippen molar-refractivity contribution in [1.82, 2.24) is 10.1 Å². The molecule has 0 radical (unpaired) electrons. The summed E-state index contributed by atoms with van der Waals surface area (Å²) in [6, 6.07) is 9.84. The molecular formula is C15H21N3O2. The highest BCUT2D eigenvalue weighted by Crippen LogP contribution is 2.23. The second kappa shape index (κ2) is 6.63. The van der Waals surface area contributed by atoms with Crippen LogP contribution in [0.3, 0.4) is 0 Å². The fourth-order valence-electron chi connectivity index (χ4n) is 1.91. The van der Waals surface area contributed by atoms with E-state index in [0.29, 0.717) is 24.1 Å². The lowest BCUT2D eigenvalue weighted by atomic mass is 10.0. The molecule has 1 heterocycles. The van der Waals surface area contributed by atoms with Crippen LogP contribution in [-0.2, 0) is 11.2 Å². The number of rotatable bonds is 6. The summed E-state index contributed by atoms with van der Waals surface area (Å²) in [5.74, 6) is 1.46. The zero-order valence-electron chi connectivity index (χ0n) is 12.1. The number of methoxy groups -OCH3 is 1. The first-order valence-electron chi connectivity index (χ1n) is 6.77. The topological polar surface area (TPSA) is 74.2 Å². The minimum Gasteiger partial charge on any atom is -0.369 e. The molecule has 2 N–H and O–H groups in total. The van der Waals surface area contributed by atoms with Crippen LogP contribution in [0.15, 0.2) is 34.9 Å². The van der Waals surface area contributed by atoms with Gasteiger partial charge in [-0.3, -0.25) is 0 Å². The maximum atomic E-state index is 6.02. The van der Waals surface area contributed by atoms with Gasteiger partial charge >= 0.3 is 0 Å². The minimum atomic E-state index is -0.316. The molecule has 108 valence electrons. The Morgan fingerprint density at radius 3 is 2.55 bits per heavy atom. The predicted octanol–water partition coefficient (Wildman–Crippen LogP) is 2.33. The largest absolute Gasteiger partial charge is 0.369 e. The third-order valence-electron chi connectivity index (χ3n) is 3.32. The summed E-state index contributed by atoms with van der Waals surface area (Å²) in [4.78, 5) is 4.40. The van der Waals surface area contributed by atoms with Crippen molar-refractivity contribution in [3.8, 4) is 0 Å². The van der Waals surface area contributed by atoms with Crippen molar-refractivity contribution in [1.29, 1.82) is 0 Å². The van der Waals surface area contributed by atoms with Crippen LogP contribution in [0.25, 0.3) is 0 Å². The van der Waals surface area contributed by atoms with Crippen molar-refractivity contribution in [3.05, 3.63) is 47.6 Å². The Morgan fingerprint density at radius 2 is 1.95 bits per heavy atom. The normalized spacial score (nSPS) is 14.4. The van der Waals surface area contributed by atoms with Gasteiger partial charge in [-0.25, -0.2) is 0 Å². The smallest absolute Gasteiger partial charge is 0.228 e. The van der Waals surface area contributed by atoms with E-state index in [0.717, 1.165) is 5.56 Å². The Hall–Kier alpha value is -1.72. The number of aromatic nitrogens is 2. The van der Waals surface area contributed by atoms with Gasteiger partial charge in [-0.15, -0.1) is 0 Å². The number of ether oxygens (including phenoxy) is 1. The van der Waals surface area contributed by atoms with Crippen molar-refractivity contribution >= 4 is 0 Å². The van der Waals surface area contributed by atoms with E-state index in [-0.39, 0.29) is 12.1 Å². The zero-order valence-corrected chi connectivity index (χ0v) is 12.1. The summed E-state index contributed by atoms with van der Waals surface area (Å²) in [7, 11) is 1.63. The number of benzene rings is 1. The molecule has 0 spiro atoms. The molecule has 5 heteroatoms. The van der Waals surface area contributed by atoms with Crippen molar-refractivity contribution in [3.63, 3.8) is 0 Å². The maximum absolute atomic E-state index is 6.02. The quantitative estimate of drug-likeness (QED) is 0.875. The molecule has 2 aromatic rings. The van der Waals surface area contributed by atoms with Crippen LogP contribution >= 0.6 is 0 Å². The molecule has 0 amide bonds.